The Hall–Kier alpha value is -2.34. The first-order valence-electron chi connectivity index (χ1n) is 6.04. The van der Waals surface area contributed by atoms with Gasteiger partial charge in [-0.15, -0.1) is 0 Å². The average Bonchev–Trinajstić information content (AvgIpc) is 2.46. The molecule has 0 saturated heterocycles. The SMILES string of the molecule is COCCNC(=O)c1cc2ccc(OC)cc2oc1=O. The fraction of sp³-hybridized carbons (Fsp3) is 0.286. The molecule has 0 fully saturated rings. The largest absolute Gasteiger partial charge is 0.497 e. The minimum absolute atomic E-state index is 0.0289. The van der Waals surface area contributed by atoms with Gasteiger partial charge in [-0.25, -0.2) is 4.79 Å². The van der Waals surface area contributed by atoms with E-state index in [2.05, 4.69) is 5.32 Å². The van der Waals surface area contributed by atoms with Gasteiger partial charge in [-0.3, -0.25) is 4.79 Å². The van der Waals surface area contributed by atoms with E-state index in [0.29, 0.717) is 29.9 Å². The maximum Gasteiger partial charge on any atom is 0.349 e. The maximum atomic E-state index is 11.9. The summed E-state index contributed by atoms with van der Waals surface area (Å²) < 4.78 is 15.0. The molecule has 20 heavy (non-hydrogen) atoms. The highest BCUT2D eigenvalue weighted by Gasteiger charge is 2.13. The highest BCUT2D eigenvalue weighted by Crippen LogP contribution is 2.20. The predicted molar refractivity (Wildman–Crippen MR) is 73.2 cm³/mol. The molecule has 0 unspecified atom stereocenters. The highest BCUT2D eigenvalue weighted by atomic mass is 16.5. The monoisotopic (exact) mass is 277 g/mol. The zero-order chi connectivity index (χ0) is 14.5. The summed E-state index contributed by atoms with van der Waals surface area (Å²) in [7, 11) is 3.06. The summed E-state index contributed by atoms with van der Waals surface area (Å²) >= 11 is 0. The van der Waals surface area contributed by atoms with E-state index < -0.39 is 11.5 Å². The normalized spacial score (nSPS) is 10.5. The zero-order valence-corrected chi connectivity index (χ0v) is 11.3. The number of nitrogens with one attached hydrogen (secondary N) is 1. The third-order valence-corrected chi connectivity index (χ3v) is 2.78. The van der Waals surface area contributed by atoms with Crippen molar-refractivity contribution in [2.45, 2.75) is 0 Å². The van der Waals surface area contributed by atoms with Crippen LogP contribution in [0.1, 0.15) is 10.4 Å². The van der Waals surface area contributed by atoms with Crippen molar-refractivity contribution in [3.8, 4) is 5.75 Å². The van der Waals surface area contributed by atoms with Gasteiger partial charge in [-0.05, 0) is 18.2 Å². The number of ether oxygens (including phenoxy) is 2. The lowest BCUT2D eigenvalue weighted by Gasteiger charge is -2.05. The molecular formula is C14H15NO5. The van der Waals surface area contributed by atoms with Gasteiger partial charge in [0.15, 0.2) is 0 Å². The number of hydrogen-bond donors (Lipinski definition) is 1. The molecule has 0 radical (unpaired) electrons. The van der Waals surface area contributed by atoms with Gasteiger partial charge < -0.3 is 19.2 Å². The summed E-state index contributed by atoms with van der Waals surface area (Å²) in [4.78, 5) is 23.7. The smallest absolute Gasteiger partial charge is 0.349 e. The second kappa shape index (κ2) is 6.21. The van der Waals surface area contributed by atoms with E-state index in [1.807, 2.05) is 0 Å². The average molecular weight is 277 g/mol. The van der Waals surface area contributed by atoms with Gasteiger partial charge in [0.05, 0.1) is 13.7 Å². The van der Waals surface area contributed by atoms with Crippen molar-refractivity contribution in [1.82, 2.24) is 5.32 Å². The molecule has 106 valence electrons. The number of carbonyl (C=O) groups excluding carboxylic acids is 1. The van der Waals surface area contributed by atoms with Crippen molar-refractivity contribution >= 4 is 16.9 Å². The Labute approximate surface area is 115 Å². The van der Waals surface area contributed by atoms with Crippen molar-refractivity contribution in [3.63, 3.8) is 0 Å². The molecule has 0 bridgehead atoms. The number of rotatable bonds is 5. The van der Waals surface area contributed by atoms with Crippen LogP contribution in [0.3, 0.4) is 0 Å². The van der Waals surface area contributed by atoms with E-state index >= 15 is 0 Å². The van der Waals surface area contributed by atoms with Gasteiger partial charge in [0.25, 0.3) is 5.91 Å². The molecular weight excluding hydrogens is 262 g/mol. The van der Waals surface area contributed by atoms with Gasteiger partial charge in [0.2, 0.25) is 0 Å². The summed E-state index contributed by atoms with van der Waals surface area (Å²) in [5.74, 6) is 0.103. The van der Waals surface area contributed by atoms with Crippen LogP contribution in [0.5, 0.6) is 5.75 Å². The lowest BCUT2D eigenvalue weighted by atomic mass is 10.1. The van der Waals surface area contributed by atoms with Crippen molar-refractivity contribution < 1.29 is 18.7 Å². The lowest BCUT2D eigenvalue weighted by molar-refractivity contribution is 0.0933. The van der Waals surface area contributed by atoms with Gasteiger partial charge in [0.1, 0.15) is 16.9 Å². The molecule has 0 spiro atoms. The molecule has 1 aromatic carbocycles. The molecule has 0 aliphatic rings. The number of amides is 1. The van der Waals surface area contributed by atoms with E-state index in [0.717, 1.165) is 0 Å². The second-order valence-corrected chi connectivity index (χ2v) is 4.10. The number of methoxy groups -OCH3 is 2. The Morgan fingerprint density at radius 2 is 2.10 bits per heavy atom. The Morgan fingerprint density at radius 1 is 1.30 bits per heavy atom. The van der Waals surface area contributed by atoms with Crippen molar-refractivity contribution in [2.75, 3.05) is 27.4 Å². The van der Waals surface area contributed by atoms with Crippen LogP contribution in [0.15, 0.2) is 33.5 Å². The lowest BCUT2D eigenvalue weighted by Crippen LogP contribution is -2.30. The third kappa shape index (κ3) is 2.97. The molecule has 6 heteroatoms. The van der Waals surface area contributed by atoms with Gasteiger partial charge in [0, 0.05) is 25.1 Å². The van der Waals surface area contributed by atoms with E-state index in [1.165, 1.54) is 20.3 Å². The first kappa shape index (κ1) is 14.1. The zero-order valence-electron chi connectivity index (χ0n) is 11.3. The van der Waals surface area contributed by atoms with Gasteiger partial charge in [-0.1, -0.05) is 0 Å². The number of fused-ring (bicyclic) bond motifs is 1. The van der Waals surface area contributed by atoms with Crippen LogP contribution in [-0.4, -0.2) is 33.3 Å². The standard InChI is InChI=1S/C14H15NO5/c1-18-6-5-15-13(16)11-7-9-3-4-10(19-2)8-12(9)20-14(11)17/h3-4,7-8H,5-6H2,1-2H3,(H,15,16). The fourth-order valence-electron chi connectivity index (χ4n) is 1.74. The summed E-state index contributed by atoms with van der Waals surface area (Å²) in [6.45, 7) is 0.706. The first-order valence-corrected chi connectivity index (χ1v) is 6.04. The summed E-state index contributed by atoms with van der Waals surface area (Å²) in [6, 6.07) is 6.56. The van der Waals surface area contributed by atoms with Crippen LogP contribution >= 0.6 is 0 Å². The van der Waals surface area contributed by atoms with Crippen LogP contribution in [0, 0.1) is 0 Å². The van der Waals surface area contributed by atoms with Crippen LogP contribution < -0.4 is 15.7 Å². The Kier molecular flexibility index (Phi) is 4.37. The van der Waals surface area contributed by atoms with Gasteiger partial charge >= 0.3 is 5.63 Å². The predicted octanol–water partition coefficient (Wildman–Crippen LogP) is 1.18. The Morgan fingerprint density at radius 3 is 2.80 bits per heavy atom. The molecule has 1 amide bonds. The number of hydrogen-bond acceptors (Lipinski definition) is 5. The van der Waals surface area contributed by atoms with Crippen LogP contribution in [0.2, 0.25) is 0 Å². The Balaban J connectivity index is 2.33. The third-order valence-electron chi connectivity index (χ3n) is 2.78. The Bertz CT molecular complexity index is 677. The number of benzene rings is 1. The van der Waals surface area contributed by atoms with Crippen LogP contribution in [0.4, 0.5) is 0 Å². The molecule has 2 aromatic rings. The van der Waals surface area contributed by atoms with Gasteiger partial charge in [-0.2, -0.15) is 0 Å². The summed E-state index contributed by atoms with van der Waals surface area (Å²) in [6.07, 6.45) is 0. The van der Waals surface area contributed by atoms with Crippen molar-refractivity contribution in [1.29, 1.82) is 0 Å². The molecule has 6 nitrogen and oxygen atoms in total. The molecule has 0 aliphatic carbocycles. The van der Waals surface area contributed by atoms with E-state index in [9.17, 15) is 9.59 Å². The van der Waals surface area contributed by atoms with E-state index in [1.54, 1.807) is 18.2 Å². The summed E-state index contributed by atoms with van der Waals surface area (Å²) in [5.41, 5.74) is -0.331. The molecule has 1 aromatic heterocycles. The molecule has 2 rings (SSSR count). The van der Waals surface area contributed by atoms with Crippen LogP contribution in [0.25, 0.3) is 11.0 Å². The molecule has 0 atom stereocenters. The molecule has 1 N–H and O–H groups in total. The summed E-state index contributed by atoms with van der Waals surface area (Å²) in [5, 5.41) is 3.23. The first-order chi connectivity index (χ1) is 9.65. The van der Waals surface area contributed by atoms with Crippen LogP contribution in [-0.2, 0) is 4.74 Å². The second-order valence-electron chi connectivity index (χ2n) is 4.10. The maximum absolute atomic E-state index is 11.9. The molecule has 0 saturated carbocycles. The molecule has 0 aliphatic heterocycles. The minimum atomic E-state index is -0.680. The quantitative estimate of drug-likeness (QED) is 0.656. The fourth-order valence-corrected chi connectivity index (χ4v) is 1.74. The highest BCUT2D eigenvalue weighted by molar-refractivity contribution is 5.96. The molecule has 1 heterocycles. The van der Waals surface area contributed by atoms with E-state index in [4.69, 9.17) is 13.9 Å². The van der Waals surface area contributed by atoms with Crippen molar-refractivity contribution in [2.24, 2.45) is 0 Å². The minimum Gasteiger partial charge on any atom is -0.497 e. The van der Waals surface area contributed by atoms with Crippen molar-refractivity contribution in [3.05, 3.63) is 40.2 Å². The topological polar surface area (TPSA) is 77.8 Å². The number of carbonyl (C=O) groups is 1. The van der Waals surface area contributed by atoms with E-state index in [-0.39, 0.29) is 5.56 Å².